The van der Waals surface area contributed by atoms with Gasteiger partial charge in [-0.3, -0.25) is 4.79 Å². The van der Waals surface area contributed by atoms with Crippen molar-refractivity contribution >= 4 is 21.9 Å². The molecule has 0 saturated carbocycles. The predicted octanol–water partition coefficient (Wildman–Crippen LogP) is 3.20. The maximum absolute atomic E-state index is 10.8. The highest BCUT2D eigenvalue weighted by Crippen LogP contribution is 2.24. The van der Waals surface area contributed by atoms with E-state index in [0.29, 0.717) is 0 Å². The lowest BCUT2D eigenvalue weighted by Crippen LogP contribution is -2.09. The highest BCUT2D eigenvalue weighted by molar-refractivity contribution is 9.10. The molecule has 0 fully saturated rings. The summed E-state index contributed by atoms with van der Waals surface area (Å²) in [6.07, 6.45) is 0.854. The summed E-state index contributed by atoms with van der Waals surface area (Å²) >= 11 is 3.38. The summed E-state index contributed by atoms with van der Waals surface area (Å²) in [5.74, 6) is -1.21. The lowest BCUT2D eigenvalue weighted by Gasteiger charge is -2.12. The smallest absolute Gasteiger partial charge is 0.310 e. The summed E-state index contributed by atoms with van der Waals surface area (Å²) in [6, 6.07) is 5.74. The van der Waals surface area contributed by atoms with Crippen molar-refractivity contribution in [2.24, 2.45) is 0 Å². The third-order valence-electron chi connectivity index (χ3n) is 2.32. The van der Waals surface area contributed by atoms with Gasteiger partial charge in [0.1, 0.15) is 0 Å². The lowest BCUT2D eigenvalue weighted by molar-refractivity contribution is -0.138. The second-order valence-electron chi connectivity index (χ2n) is 3.26. The fourth-order valence-corrected chi connectivity index (χ4v) is 1.84. The third kappa shape index (κ3) is 2.35. The molecule has 0 aromatic heterocycles. The van der Waals surface area contributed by atoms with Crippen LogP contribution in [0.1, 0.15) is 30.9 Å². The Kier molecular flexibility index (Phi) is 3.69. The molecule has 1 aromatic carbocycles. The second-order valence-corrected chi connectivity index (χ2v) is 4.17. The molecule has 0 radical (unpaired) electrons. The quantitative estimate of drug-likeness (QED) is 0.902. The predicted molar refractivity (Wildman–Crippen MR) is 59.6 cm³/mol. The Bertz CT molecular complexity index is 347. The maximum atomic E-state index is 10.8. The molecule has 0 spiro atoms. The zero-order chi connectivity index (χ0) is 10.7. The zero-order valence-corrected chi connectivity index (χ0v) is 9.84. The van der Waals surface area contributed by atoms with Crippen LogP contribution in [0.5, 0.6) is 0 Å². The number of aliphatic carboxylic acids is 1. The Morgan fingerprint density at radius 3 is 2.71 bits per heavy atom. The van der Waals surface area contributed by atoms with Crippen molar-refractivity contribution in [3.8, 4) is 0 Å². The van der Waals surface area contributed by atoms with Crippen LogP contribution in [-0.2, 0) is 11.2 Å². The van der Waals surface area contributed by atoms with Crippen LogP contribution < -0.4 is 0 Å². The molecular formula is C11H13BrO2. The molecule has 0 aliphatic rings. The molecule has 2 nitrogen and oxygen atoms in total. The van der Waals surface area contributed by atoms with Crippen LogP contribution in [0.3, 0.4) is 0 Å². The van der Waals surface area contributed by atoms with Crippen LogP contribution in [0.2, 0.25) is 0 Å². The summed E-state index contributed by atoms with van der Waals surface area (Å²) in [4.78, 5) is 10.8. The first-order valence-electron chi connectivity index (χ1n) is 4.57. The molecule has 0 aliphatic carbocycles. The summed E-state index contributed by atoms with van der Waals surface area (Å²) in [5, 5.41) is 8.91. The molecule has 1 aromatic rings. The van der Waals surface area contributed by atoms with E-state index < -0.39 is 11.9 Å². The van der Waals surface area contributed by atoms with Crippen LogP contribution in [0.4, 0.5) is 0 Å². The van der Waals surface area contributed by atoms with E-state index in [1.54, 1.807) is 6.92 Å². The van der Waals surface area contributed by atoms with Crippen LogP contribution in [-0.4, -0.2) is 11.1 Å². The monoisotopic (exact) mass is 256 g/mol. The average Bonchev–Trinajstić information content (AvgIpc) is 2.16. The molecular weight excluding hydrogens is 244 g/mol. The molecule has 0 aliphatic heterocycles. The van der Waals surface area contributed by atoms with Crippen LogP contribution >= 0.6 is 15.9 Å². The topological polar surface area (TPSA) is 37.3 Å². The van der Waals surface area contributed by atoms with Crippen molar-refractivity contribution in [1.29, 1.82) is 0 Å². The molecule has 3 heteroatoms. The summed E-state index contributed by atoms with van der Waals surface area (Å²) < 4.78 is 0.996. The minimum absolute atomic E-state index is 0.432. The Hall–Kier alpha value is -0.830. The van der Waals surface area contributed by atoms with E-state index in [9.17, 15) is 4.79 Å². The lowest BCUT2D eigenvalue weighted by atomic mass is 9.94. The summed E-state index contributed by atoms with van der Waals surface area (Å²) in [5.41, 5.74) is 2.00. The standard InChI is InChI=1S/C11H13BrO2/c1-3-8-6-9(12)4-5-10(8)7(2)11(13)14/h4-7H,3H2,1-2H3,(H,13,14). The highest BCUT2D eigenvalue weighted by Gasteiger charge is 2.16. The van der Waals surface area contributed by atoms with Gasteiger partial charge in [0.25, 0.3) is 0 Å². The Labute approximate surface area is 92.1 Å². The van der Waals surface area contributed by atoms with E-state index in [1.165, 1.54) is 0 Å². The Morgan fingerprint density at radius 2 is 2.21 bits per heavy atom. The second kappa shape index (κ2) is 4.60. The number of carboxylic acids is 1. The van der Waals surface area contributed by atoms with E-state index in [-0.39, 0.29) is 0 Å². The van der Waals surface area contributed by atoms with Crippen molar-refractivity contribution in [3.05, 3.63) is 33.8 Å². The van der Waals surface area contributed by atoms with Gasteiger partial charge in [0, 0.05) is 4.47 Å². The van der Waals surface area contributed by atoms with Gasteiger partial charge >= 0.3 is 5.97 Å². The van der Waals surface area contributed by atoms with Gasteiger partial charge in [-0.25, -0.2) is 0 Å². The van der Waals surface area contributed by atoms with Crippen LogP contribution in [0.15, 0.2) is 22.7 Å². The van der Waals surface area contributed by atoms with Crippen LogP contribution in [0, 0.1) is 0 Å². The molecule has 0 heterocycles. The SMILES string of the molecule is CCc1cc(Br)ccc1C(C)C(=O)O. The molecule has 14 heavy (non-hydrogen) atoms. The van der Waals surface area contributed by atoms with Gasteiger partial charge in [0.15, 0.2) is 0 Å². The van der Waals surface area contributed by atoms with E-state index in [0.717, 1.165) is 22.0 Å². The normalized spacial score (nSPS) is 12.5. The minimum atomic E-state index is -0.776. The van der Waals surface area contributed by atoms with Crippen molar-refractivity contribution in [2.45, 2.75) is 26.2 Å². The Morgan fingerprint density at radius 1 is 1.57 bits per heavy atom. The van der Waals surface area contributed by atoms with E-state index >= 15 is 0 Å². The van der Waals surface area contributed by atoms with Crippen molar-refractivity contribution in [2.75, 3.05) is 0 Å². The molecule has 0 saturated heterocycles. The third-order valence-corrected chi connectivity index (χ3v) is 2.82. The number of hydrogen-bond acceptors (Lipinski definition) is 1. The van der Waals surface area contributed by atoms with Crippen molar-refractivity contribution in [3.63, 3.8) is 0 Å². The van der Waals surface area contributed by atoms with E-state index in [1.807, 2.05) is 25.1 Å². The molecule has 1 N–H and O–H groups in total. The number of halogens is 1. The molecule has 0 amide bonds. The van der Waals surface area contributed by atoms with Gasteiger partial charge in [0.2, 0.25) is 0 Å². The van der Waals surface area contributed by atoms with Gasteiger partial charge < -0.3 is 5.11 Å². The number of benzene rings is 1. The van der Waals surface area contributed by atoms with E-state index in [4.69, 9.17) is 5.11 Å². The van der Waals surface area contributed by atoms with Crippen molar-refractivity contribution in [1.82, 2.24) is 0 Å². The largest absolute Gasteiger partial charge is 0.481 e. The minimum Gasteiger partial charge on any atom is -0.481 e. The molecule has 1 atom stereocenters. The van der Waals surface area contributed by atoms with E-state index in [2.05, 4.69) is 15.9 Å². The first-order chi connectivity index (χ1) is 6.56. The first-order valence-corrected chi connectivity index (χ1v) is 5.36. The van der Waals surface area contributed by atoms with Crippen LogP contribution in [0.25, 0.3) is 0 Å². The maximum Gasteiger partial charge on any atom is 0.310 e. The van der Waals surface area contributed by atoms with Gasteiger partial charge in [-0.1, -0.05) is 28.9 Å². The number of rotatable bonds is 3. The summed E-state index contributed by atoms with van der Waals surface area (Å²) in [6.45, 7) is 3.74. The fourth-order valence-electron chi connectivity index (χ4n) is 1.44. The molecule has 1 unspecified atom stereocenters. The van der Waals surface area contributed by atoms with Gasteiger partial charge in [0.05, 0.1) is 5.92 Å². The first kappa shape index (κ1) is 11.2. The fraction of sp³-hybridized carbons (Fsp3) is 0.364. The number of carbonyl (C=O) groups is 1. The molecule has 76 valence electrons. The van der Waals surface area contributed by atoms with Crippen molar-refractivity contribution < 1.29 is 9.90 Å². The van der Waals surface area contributed by atoms with Gasteiger partial charge in [-0.2, -0.15) is 0 Å². The molecule has 0 bridgehead atoms. The van der Waals surface area contributed by atoms with Gasteiger partial charge in [-0.05, 0) is 36.6 Å². The number of hydrogen-bond donors (Lipinski definition) is 1. The number of aryl methyl sites for hydroxylation is 1. The average molecular weight is 257 g/mol. The zero-order valence-electron chi connectivity index (χ0n) is 8.25. The molecule has 1 rings (SSSR count). The highest BCUT2D eigenvalue weighted by atomic mass is 79.9. The van der Waals surface area contributed by atoms with Gasteiger partial charge in [-0.15, -0.1) is 0 Å². The number of carboxylic acid groups (broad SMARTS) is 1. The Balaban J connectivity index is 3.13. The summed E-state index contributed by atoms with van der Waals surface area (Å²) in [7, 11) is 0.